The smallest absolute Gasteiger partial charge is 0.273 e. The van der Waals surface area contributed by atoms with Gasteiger partial charge in [-0.05, 0) is 24.3 Å². The standard InChI is InChI=1S/C24H22N4O6/c1-33-21-13-7-9-18(24(21)34-16-23(30)26-19-10-3-2-4-11-19)15-25-27-22(29)14-17-8-5-6-12-20(17)28(31)32/h2-13,15H,14,16H2,1H3,(H,26,30)(H,27,29)/b25-15+. The lowest BCUT2D eigenvalue weighted by molar-refractivity contribution is -0.385. The van der Waals surface area contributed by atoms with Crippen LogP contribution in [0.25, 0.3) is 0 Å². The largest absolute Gasteiger partial charge is 0.493 e. The summed E-state index contributed by atoms with van der Waals surface area (Å²) in [5.41, 5.74) is 3.57. The van der Waals surface area contributed by atoms with Crippen molar-refractivity contribution in [1.29, 1.82) is 0 Å². The molecule has 0 saturated carbocycles. The molecule has 0 saturated heterocycles. The highest BCUT2D eigenvalue weighted by atomic mass is 16.6. The highest BCUT2D eigenvalue weighted by Crippen LogP contribution is 2.30. The normalized spacial score (nSPS) is 10.5. The summed E-state index contributed by atoms with van der Waals surface area (Å²) < 4.78 is 11.0. The fourth-order valence-corrected chi connectivity index (χ4v) is 3.03. The Hall–Kier alpha value is -4.73. The Balaban J connectivity index is 1.64. The van der Waals surface area contributed by atoms with Crippen molar-refractivity contribution in [3.05, 3.63) is 94.0 Å². The van der Waals surface area contributed by atoms with Gasteiger partial charge in [-0.2, -0.15) is 5.10 Å². The molecule has 3 aromatic carbocycles. The zero-order chi connectivity index (χ0) is 24.3. The molecule has 3 rings (SSSR count). The number of hydrazone groups is 1. The lowest BCUT2D eigenvalue weighted by Crippen LogP contribution is -2.21. The average molecular weight is 462 g/mol. The van der Waals surface area contributed by atoms with Crippen molar-refractivity contribution in [3.63, 3.8) is 0 Å². The number of anilines is 1. The van der Waals surface area contributed by atoms with Gasteiger partial charge in [0.1, 0.15) is 0 Å². The first-order valence-corrected chi connectivity index (χ1v) is 10.2. The van der Waals surface area contributed by atoms with Gasteiger partial charge in [0.25, 0.3) is 11.6 Å². The first-order valence-electron chi connectivity index (χ1n) is 10.2. The number of carbonyl (C=O) groups is 2. The number of carbonyl (C=O) groups excluding carboxylic acids is 2. The number of nitrogens with one attached hydrogen (secondary N) is 2. The maximum atomic E-state index is 12.2. The number of nitro groups is 1. The molecule has 174 valence electrons. The molecule has 34 heavy (non-hydrogen) atoms. The third kappa shape index (κ3) is 6.63. The molecule has 0 bridgehead atoms. The zero-order valence-electron chi connectivity index (χ0n) is 18.3. The third-order valence-corrected chi connectivity index (χ3v) is 4.57. The van der Waals surface area contributed by atoms with E-state index in [-0.39, 0.29) is 35.9 Å². The second kappa shape index (κ2) is 11.8. The van der Waals surface area contributed by atoms with E-state index in [1.807, 2.05) is 6.07 Å². The number of para-hydroxylation sites is 3. The minimum absolute atomic E-state index is 0.140. The number of hydrogen-bond donors (Lipinski definition) is 2. The van der Waals surface area contributed by atoms with Crippen LogP contribution in [0, 0.1) is 10.1 Å². The van der Waals surface area contributed by atoms with Gasteiger partial charge < -0.3 is 14.8 Å². The molecular formula is C24H22N4O6. The van der Waals surface area contributed by atoms with Gasteiger partial charge in [-0.25, -0.2) is 5.43 Å². The minimum Gasteiger partial charge on any atom is -0.493 e. The second-order valence-corrected chi connectivity index (χ2v) is 6.94. The van der Waals surface area contributed by atoms with Gasteiger partial charge in [-0.1, -0.05) is 42.5 Å². The summed E-state index contributed by atoms with van der Waals surface area (Å²) in [7, 11) is 1.46. The molecule has 0 aliphatic rings. The Morgan fingerprint density at radius 3 is 2.47 bits per heavy atom. The van der Waals surface area contributed by atoms with Gasteiger partial charge in [0.05, 0.1) is 24.7 Å². The number of ether oxygens (including phenoxy) is 2. The maximum absolute atomic E-state index is 12.2. The van der Waals surface area contributed by atoms with Gasteiger partial charge in [0.15, 0.2) is 18.1 Å². The molecule has 0 aromatic heterocycles. The van der Waals surface area contributed by atoms with E-state index < -0.39 is 10.8 Å². The molecule has 0 unspecified atom stereocenters. The van der Waals surface area contributed by atoms with E-state index in [9.17, 15) is 19.7 Å². The number of amides is 2. The molecule has 10 nitrogen and oxygen atoms in total. The summed E-state index contributed by atoms with van der Waals surface area (Å²) in [6, 6.07) is 20.0. The molecule has 0 spiro atoms. The number of hydrogen-bond acceptors (Lipinski definition) is 7. The lowest BCUT2D eigenvalue weighted by atomic mass is 10.1. The Kier molecular flexibility index (Phi) is 8.28. The van der Waals surface area contributed by atoms with Crippen LogP contribution >= 0.6 is 0 Å². The highest BCUT2D eigenvalue weighted by Gasteiger charge is 2.15. The van der Waals surface area contributed by atoms with Crippen molar-refractivity contribution < 1.29 is 24.0 Å². The van der Waals surface area contributed by atoms with E-state index in [1.165, 1.54) is 31.5 Å². The SMILES string of the molecule is COc1cccc(/C=N/NC(=O)Cc2ccccc2[N+](=O)[O-])c1OCC(=O)Nc1ccccc1. The monoisotopic (exact) mass is 462 g/mol. The van der Waals surface area contributed by atoms with Gasteiger partial charge in [0.2, 0.25) is 5.91 Å². The predicted octanol–water partition coefficient (Wildman–Crippen LogP) is 3.31. The molecule has 2 N–H and O–H groups in total. The van der Waals surface area contributed by atoms with Crippen LogP contribution < -0.4 is 20.2 Å². The highest BCUT2D eigenvalue weighted by molar-refractivity contribution is 5.92. The average Bonchev–Trinajstić information content (AvgIpc) is 2.83. The summed E-state index contributed by atoms with van der Waals surface area (Å²) in [6.45, 7) is -0.278. The van der Waals surface area contributed by atoms with Gasteiger partial charge >= 0.3 is 0 Å². The topological polar surface area (TPSA) is 132 Å². The van der Waals surface area contributed by atoms with Crippen LogP contribution in [0.1, 0.15) is 11.1 Å². The van der Waals surface area contributed by atoms with Crippen molar-refractivity contribution in [2.75, 3.05) is 19.0 Å². The molecular weight excluding hydrogens is 440 g/mol. The van der Waals surface area contributed by atoms with Crippen molar-refractivity contribution in [2.45, 2.75) is 6.42 Å². The van der Waals surface area contributed by atoms with Crippen LogP contribution in [0.2, 0.25) is 0 Å². The molecule has 0 heterocycles. The third-order valence-electron chi connectivity index (χ3n) is 4.57. The van der Waals surface area contributed by atoms with Crippen molar-refractivity contribution in [3.8, 4) is 11.5 Å². The first kappa shape index (κ1) is 23.9. The number of nitrogens with zero attached hydrogens (tertiary/aromatic N) is 2. The number of benzene rings is 3. The Morgan fingerprint density at radius 1 is 1.00 bits per heavy atom. The molecule has 0 radical (unpaired) electrons. The summed E-state index contributed by atoms with van der Waals surface area (Å²) >= 11 is 0. The van der Waals surface area contributed by atoms with E-state index in [0.29, 0.717) is 17.0 Å². The fourth-order valence-electron chi connectivity index (χ4n) is 3.03. The minimum atomic E-state index is -0.542. The van der Waals surface area contributed by atoms with Crippen LogP contribution in [0.5, 0.6) is 11.5 Å². The molecule has 0 fully saturated rings. The van der Waals surface area contributed by atoms with E-state index in [0.717, 1.165) is 0 Å². The fraction of sp³-hybridized carbons (Fsp3) is 0.125. The van der Waals surface area contributed by atoms with Crippen LogP contribution in [0.15, 0.2) is 77.9 Å². The van der Waals surface area contributed by atoms with E-state index in [2.05, 4.69) is 15.8 Å². The van der Waals surface area contributed by atoms with Crippen LogP contribution in [-0.2, 0) is 16.0 Å². The number of rotatable bonds is 10. The maximum Gasteiger partial charge on any atom is 0.273 e. The molecule has 0 aliphatic heterocycles. The quantitative estimate of drug-likeness (QED) is 0.270. The number of methoxy groups -OCH3 is 1. The molecule has 0 atom stereocenters. The van der Waals surface area contributed by atoms with Gasteiger partial charge in [-0.15, -0.1) is 0 Å². The number of nitro benzene ring substituents is 1. The molecule has 3 aromatic rings. The molecule has 10 heteroatoms. The molecule has 0 aliphatic carbocycles. The van der Waals surface area contributed by atoms with Crippen LogP contribution in [0.4, 0.5) is 11.4 Å². The van der Waals surface area contributed by atoms with Crippen LogP contribution in [-0.4, -0.2) is 36.7 Å². The van der Waals surface area contributed by atoms with Gasteiger partial charge in [0, 0.05) is 22.9 Å². The van der Waals surface area contributed by atoms with E-state index >= 15 is 0 Å². The lowest BCUT2D eigenvalue weighted by Gasteiger charge is -2.13. The van der Waals surface area contributed by atoms with E-state index in [4.69, 9.17) is 9.47 Å². The molecule has 2 amide bonds. The predicted molar refractivity (Wildman–Crippen MR) is 126 cm³/mol. The van der Waals surface area contributed by atoms with Crippen LogP contribution in [0.3, 0.4) is 0 Å². The first-order chi connectivity index (χ1) is 16.5. The Morgan fingerprint density at radius 2 is 1.74 bits per heavy atom. The summed E-state index contributed by atoms with van der Waals surface area (Å²) in [5, 5.41) is 17.7. The van der Waals surface area contributed by atoms with Crippen molar-refractivity contribution in [1.82, 2.24) is 5.43 Å². The Labute approximate surface area is 195 Å². The van der Waals surface area contributed by atoms with E-state index in [1.54, 1.807) is 48.5 Å². The Bertz CT molecular complexity index is 1200. The van der Waals surface area contributed by atoms with Gasteiger partial charge in [-0.3, -0.25) is 19.7 Å². The summed E-state index contributed by atoms with van der Waals surface area (Å²) in [5.74, 6) is -0.247. The summed E-state index contributed by atoms with van der Waals surface area (Å²) in [6.07, 6.45) is 1.12. The zero-order valence-corrected chi connectivity index (χ0v) is 18.3. The van der Waals surface area contributed by atoms with Crippen molar-refractivity contribution in [2.24, 2.45) is 5.10 Å². The second-order valence-electron chi connectivity index (χ2n) is 6.94. The summed E-state index contributed by atoms with van der Waals surface area (Å²) in [4.78, 5) is 35.0. The van der Waals surface area contributed by atoms with Crippen molar-refractivity contribution >= 4 is 29.4 Å².